The number of hydrogen-bond acceptors (Lipinski definition) is 2. The number of carbonyl (C=O) groups is 1. The van der Waals surface area contributed by atoms with Gasteiger partial charge in [0.25, 0.3) is 0 Å². The number of ether oxygens (including phenoxy) is 1. The number of benzene rings is 1. The second-order valence-electron chi connectivity index (χ2n) is 8.45. The van der Waals surface area contributed by atoms with Crippen molar-refractivity contribution >= 4 is 5.91 Å². The average Bonchev–Trinajstić information content (AvgIpc) is 3.09. The fourth-order valence-electron chi connectivity index (χ4n) is 5.20. The summed E-state index contributed by atoms with van der Waals surface area (Å²) in [4.78, 5) is 12.6. The van der Waals surface area contributed by atoms with Crippen molar-refractivity contribution in [2.45, 2.75) is 58.9 Å². The van der Waals surface area contributed by atoms with E-state index in [2.05, 4.69) is 32.2 Å². The molecule has 3 heteroatoms. The molecule has 0 radical (unpaired) electrons. The highest BCUT2D eigenvalue weighted by Gasteiger charge is 2.61. The van der Waals surface area contributed by atoms with Crippen LogP contribution in [0.1, 0.15) is 51.2 Å². The van der Waals surface area contributed by atoms with Crippen LogP contribution >= 0.6 is 0 Å². The van der Waals surface area contributed by atoms with Crippen molar-refractivity contribution < 1.29 is 9.53 Å². The number of nitrogens with one attached hydrogen (secondary N) is 1. The summed E-state index contributed by atoms with van der Waals surface area (Å²) >= 11 is 0. The summed E-state index contributed by atoms with van der Waals surface area (Å²) in [5.74, 6) is 1.91. The predicted octanol–water partition coefficient (Wildman–Crippen LogP) is 3.50. The Bertz CT molecular complexity index is 651. The van der Waals surface area contributed by atoms with Crippen LogP contribution in [0.25, 0.3) is 0 Å². The highest BCUT2D eigenvalue weighted by atomic mass is 16.5. The molecule has 2 aliphatic carbocycles. The molecule has 2 saturated carbocycles. The van der Waals surface area contributed by atoms with Crippen LogP contribution in [0.15, 0.2) is 18.2 Å². The molecule has 1 aliphatic heterocycles. The van der Waals surface area contributed by atoms with Crippen LogP contribution in [-0.2, 0) is 17.6 Å². The summed E-state index contributed by atoms with van der Waals surface area (Å²) in [6.45, 7) is 7.91. The third-order valence-corrected chi connectivity index (χ3v) is 7.25. The minimum Gasteiger partial charge on any atom is -0.493 e. The SMILES string of the molecule is CC1(C)C2CCC1(C)C(NC(=O)Cc1ccc3c(c1)CCO3)C2. The van der Waals surface area contributed by atoms with Gasteiger partial charge in [-0.15, -0.1) is 0 Å². The van der Waals surface area contributed by atoms with Gasteiger partial charge in [-0.25, -0.2) is 0 Å². The molecule has 2 bridgehead atoms. The number of carbonyl (C=O) groups excluding carboxylic acids is 1. The van der Waals surface area contributed by atoms with E-state index in [1.807, 2.05) is 12.1 Å². The van der Waals surface area contributed by atoms with Gasteiger partial charge in [0.2, 0.25) is 5.91 Å². The zero-order valence-electron chi connectivity index (χ0n) is 14.4. The van der Waals surface area contributed by atoms with E-state index in [1.165, 1.54) is 18.4 Å². The van der Waals surface area contributed by atoms with Gasteiger partial charge in [0.05, 0.1) is 13.0 Å². The first-order valence-electron chi connectivity index (χ1n) is 8.94. The smallest absolute Gasteiger partial charge is 0.224 e. The number of fused-ring (bicyclic) bond motifs is 3. The average molecular weight is 313 g/mol. The fraction of sp³-hybridized carbons (Fsp3) is 0.650. The highest BCUT2D eigenvalue weighted by molar-refractivity contribution is 5.79. The molecule has 3 aliphatic rings. The molecule has 1 aromatic rings. The Morgan fingerprint density at radius 1 is 1.35 bits per heavy atom. The maximum absolute atomic E-state index is 12.6. The Balaban J connectivity index is 1.43. The topological polar surface area (TPSA) is 38.3 Å². The maximum atomic E-state index is 12.6. The Morgan fingerprint density at radius 2 is 2.17 bits per heavy atom. The van der Waals surface area contributed by atoms with Gasteiger partial charge in [-0.2, -0.15) is 0 Å². The summed E-state index contributed by atoms with van der Waals surface area (Å²) in [5.41, 5.74) is 2.93. The van der Waals surface area contributed by atoms with E-state index in [0.717, 1.165) is 36.7 Å². The molecular formula is C20H27NO2. The Morgan fingerprint density at radius 3 is 2.87 bits per heavy atom. The van der Waals surface area contributed by atoms with Gasteiger partial charge in [0, 0.05) is 12.5 Å². The van der Waals surface area contributed by atoms with Crippen molar-refractivity contribution in [3.63, 3.8) is 0 Å². The number of hydrogen-bond donors (Lipinski definition) is 1. The standard InChI is InChI=1S/C20H27NO2/c1-19(2)15-6-8-20(19,3)17(12-15)21-18(22)11-13-4-5-16-14(10-13)7-9-23-16/h4-5,10,15,17H,6-9,11-12H2,1-3H3,(H,21,22). The van der Waals surface area contributed by atoms with Crippen molar-refractivity contribution in [2.24, 2.45) is 16.7 Å². The zero-order valence-corrected chi connectivity index (χ0v) is 14.4. The van der Waals surface area contributed by atoms with E-state index < -0.39 is 0 Å². The Labute approximate surface area is 138 Å². The molecule has 3 atom stereocenters. The van der Waals surface area contributed by atoms with Crippen LogP contribution in [0.2, 0.25) is 0 Å². The third-order valence-electron chi connectivity index (χ3n) is 7.25. The lowest BCUT2D eigenvalue weighted by Gasteiger charge is -2.39. The first-order chi connectivity index (χ1) is 10.9. The van der Waals surface area contributed by atoms with Gasteiger partial charge >= 0.3 is 0 Å². The molecule has 2 fully saturated rings. The first-order valence-corrected chi connectivity index (χ1v) is 8.94. The van der Waals surface area contributed by atoms with Crippen molar-refractivity contribution in [1.82, 2.24) is 5.32 Å². The van der Waals surface area contributed by atoms with Gasteiger partial charge in [-0.05, 0) is 53.2 Å². The molecule has 1 heterocycles. The quantitative estimate of drug-likeness (QED) is 0.927. The van der Waals surface area contributed by atoms with Gasteiger partial charge in [-0.1, -0.05) is 32.9 Å². The molecule has 23 heavy (non-hydrogen) atoms. The molecule has 4 rings (SSSR count). The molecule has 3 nitrogen and oxygen atoms in total. The van der Waals surface area contributed by atoms with E-state index in [1.54, 1.807) is 0 Å². The molecule has 0 spiro atoms. The van der Waals surface area contributed by atoms with Crippen molar-refractivity contribution in [3.05, 3.63) is 29.3 Å². The molecule has 1 aromatic carbocycles. The largest absolute Gasteiger partial charge is 0.493 e. The molecular weight excluding hydrogens is 286 g/mol. The van der Waals surface area contributed by atoms with Crippen LogP contribution in [0.5, 0.6) is 5.75 Å². The van der Waals surface area contributed by atoms with Crippen LogP contribution in [0, 0.1) is 16.7 Å². The lowest BCUT2D eigenvalue weighted by molar-refractivity contribution is -0.122. The fourth-order valence-corrected chi connectivity index (χ4v) is 5.20. The van der Waals surface area contributed by atoms with Gasteiger partial charge in [-0.3, -0.25) is 4.79 Å². The van der Waals surface area contributed by atoms with Crippen LogP contribution in [-0.4, -0.2) is 18.6 Å². The normalized spacial score (nSPS) is 33.3. The Kier molecular flexibility index (Phi) is 3.26. The summed E-state index contributed by atoms with van der Waals surface area (Å²) in [7, 11) is 0. The van der Waals surface area contributed by atoms with E-state index >= 15 is 0 Å². The molecule has 0 saturated heterocycles. The van der Waals surface area contributed by atoms with Crippen LogP contribution in [0.4, 0.5) is 0 Å². The van der Waals surface area contributed by atoms with Crippen molar-refractivity contribution in [2.75, 3.05) is 6.61 Å². The third kappa shape index (κ3) is 2.20. The summed E-state index contributed by atoms with van der Waals surface area (Å²) < 4.78 is 5.54. The minimum atomic E-state index is 0.165. The van der Waals surface area contributed by atoms with E-state index in [9.17, 15) is 4.79 Å². The van der Waals surface area contributed by atoms with E-state index in [-0.39, 0.29) is 11.3 Å². The molecule has 0 aromatic heterocycles. The Hall–Kier alpha value is -1.51. The lowest BCUT2D eigenvalue weighted by Crippen LogP contribution is -2.47. The number of amides is 1. The second-order valence-corrected chi connectivity index (χ2v) is 8.45. The lowest BCUT2D eigenvalue weighted by atomic mass is 9.69. The summed E-state index contributed by atoms with van der Waals surface area (Å²) in [5, 5.41) is 3.35. The second kappa shape index (κ2) is 4.99. The van der Waals surface area contributed by atoms with Gasteiger partial charge in [0.1, 0.15) is 5.75 Å². The maximum Gasteiger partial charge on any atom is 0.224 e. The van der Waals surface area contributed by atoms with Crippen molar-refractivity contribution in [3.8, 4) is 5.75 Å². The number of rotatable bonds is 3. The zero-order chi connectivity index (χ0) is 16.2. The monoisotopic (exact) mass is 313 g/mol. The molecule has 124 valence electrons. The summed E-state index contributed by atoms with van der Waals surface area (Å²) in [6.07, 6.45) is 5.14. The summed E-state index contributed by atoms with van der Waals surface area (Å²) in [6, 6.07) is 6.50. The highest BCUT2D eigenvalue weighted by Crippen LogP contribution is 2.65. The van der Waals surface area contributed by atoms with Crippen LogP contribution < -0.4 is 10.1 Å². The van der Waals surface area contributed by atoms with Crippen molar-refractivity contribution in [1.29, 1.82) is 0 Å². The van der Waals surface area contributed by atoms with Crippen LogP contribution in [0.3, 0.4) is 0 Å². The van der Waals surface area contributed by atoms with Gasteiger partial charge < -0.3 is 10.1 Å². The minimum absolute atomic E-state index is 0.165. The predicted molar refractivity (Wildman–Crippen MR) is 90.5 cm³/mol. The van der Waals surface area contributed by atoms with Gasteiger partial charge in [0.15, 0.2) is 0 Å². The first kappa shape index (κ1) is 15.0. The van der Waals surface area contributed by atoms with E-state index in [0.29, 0.717) is 17.9 Å². The molecule has 1 N–H and O–H groups in total. The molecule has 1 amide bonds. The van der Waals surface area contributed by atoms with E-state index in [4.69, 9.17) is 4.74 Å². The molecule has 3 unspecified atom stereocenters.